The predicted molar refractivity (Wildman–Crippen MR) is 129 cm³/mol. The van der Waals surface area contributed by atoms with Crippen molar-refractivity contribution in [2.45, 2.75) is 0 Å². The lowest BCUT2D eigenvalue weighted by atomic mass is 10.1. The fraction of sp³-hybridized carbons (Fsp3) is 0.154. The molecule has 0 bridgehead atoms. The van der Waals surface area contributed by atoms with Crippen LogP contribution in [-0.2, 0) is 9.59 Å². The van der Waals surface area contributed by atoms with E-state index in [9.17, 15) is 9.59 Å². The first-order valence-corrected chi connectivity index (χ1v) is 11.0. The predicted octanol–water partition coefficient (Wildman–Crippen LogP) is 3.41. The third kappa shape index (κ3) is 4.49. The third-order valence-corrected chi connectivity index (χ3v) is 5.32. The van der Waals surface area contributed by atoms with Gasteiger partial charge in [0.2, 0.25) is 0 Å². The van der Waals surface area contributed by atoms with Crippen molar-refractivity contribution >= 4 is 23.0 Å². The monoisotopic (exact) mass is 470 g/mol. The van der Waals surface area contributed by atoms with Crippen molar-refractivity contribution in [2.75, 3.05) is 27.2 Å². The molecule has 0 amide bonds. The molecule has 176 valence electrons. The molecule has 2 aromatic carbocycles. The second-order valence-corrected chi connectivity index (χ2v) is 8.07. The molecule has 0 spiro atoms. The number of ether oxygens (including phenoxy) is 3. The summed E-state index contributed by atoms with van der Waals surface area (Å²) in [4.78, 5) is 31.0. The Balaban J connectivity index is 1.74. The molecular weight excluding hydrogens is 448 g/mol. The number of hydrogen-bond acceptors (Lipinski definition) is 8. The molecule has 4 aromatic rings. The zero-order valence-corrected chi connectivity index (χ0v) is 19.2. The van der Waals surface area contributed by atoms with Crippen LogP contribution in [-0.4, -0.2) is 58.8 Å². The molecule has 0 N–H and O–H groups in total. The zero-order valence-electron chi connectivity index (χ0n) is 19.2. The molecule has 2 aromatic heterocycles. The molecule has 0 radical (unpaired) electrons. The van der Waals surface area contributed by atoms with E-state index >= 15 is 0 Å². The number of rotatable bonds is 6. The number of carbonyl (C=O) groups excluding carboxylic acids is 2. The van der Waals surface area contributed by atoms with Gasteiger partial charge in [-0.3, -0.25) is 0 Å². The van der Waals surface area contributed by atoms with Gasteiger partial charge in [-0.2, -0.15) is 5.10 Å². The summed E-state index contributed by atoms with van der Waals surface area (Å²) >= 11 is 0. The largest absolute Gasteiger partial charge is 0.490 e. The number of esters is 2. The van der Waals surface area contributed by atoms with E-state index in [2.05, 4.69) is 4.98 Å². The van der Waals surface area contributed by atoms with Gasteiger partial charge in [0.1, 0.15) is 23.7 Å². The van der Waals surface area contributed by atoms with Crippen molar-refractivity contribution in [1.82, 2.24) is 19.7 Å². The minimum atomic E-state index is -0.699. The van der Waals surface area contributed by atoms with Crippen molar-refractivity contribution in [3.05, 3.63) is 72.9 Å². The van der Waals surface area contributed by atoms with Gasteiger partial charge in [-0.15, -0.1) is 0 Å². The van der Waals surface area contributed by atoms with Crippen LogP contribution >= 0.6 is 0 Å². The molecule has 9 heteroatoms. The van der Waals surface area contributed by atoms with E-state index in [-0.39, 0.29) is 11.5 Å². The number of para-hydroxylation sites is 2. The number of hydrogen-bond donors (Lipinski definition) is 0. The van der Waals surface area contributed by atoms with Crippen LogP contribution in [0.2, 0.25) is 0 Å². The molecule has 0 fully saturated rings. The normalized spacial score (nSPS) is 14.1. The van der Waals surface area contributed by atoms with Crippen LogP contribution in [0.25, 0.3) is 28.0 Å². The van der Waals surface area contributed by atoms with Gasteiger partial charge >= 0.3 is 11.9 Å². The lowest BCUT2D eigenvalue weighted by molar-refractivity contribution is -0.133. The van der Waals surface area contributed by atoms with E-state index in [0.29, 0.717) is 34.8 Å². The van der Waals surface area contributed by atoms with Crippen LogP contribution in [0.3, 0.4) is 0 Å². The van der Waals surface area contributed by atoms with E-state index in [4.69, 9.17) is 19.3 Å². The number of pyridine rings is 1. The number of fused-ring (bicyclic) bond motifs is 3. The average Bonchev–Trinajstić information content (AvgIpc) is 3.23. The number of carbonyl (C=O) groups is 2. The Bertz CT molecular complexity index is 1440. The van der Waals surface area contributed by atoms with Crippen molar-refractivity contribution in [2.24, 2.45) is 0 Å². The van der Waals surface area contributed by atoms with E-state index in [1.54, 1.807) is 4.68 Å². The van der Waals surface area contributed by atoms with Gasteiger partial charge in [0.15, 0.2) is 17.1 Å². The highest BCUT2D eigenvalue weighted by Gasteiger charge is 2.27. The van der Waals surface area contributed by atoms with Crippen LogP contribution in [0, 0.1) is 0 Å². The van der Waals surface area contributed by atoms with E-state index in [0.717, 1.165) is 24.3 Å². The summed E-state index contributed by atoms with van der Waals surface area (Å²) in [5.41, 5.74) is 2.37. The van der Waals surface area contributed by atoms with Crippen molar-refractivity contribution in [1.29, 1.82) is 0 Å². The summed E-state index contributed by atoms with van der Waals surface area (Å²) in [5, 5.41) is 5.29. The Kier molecular flexibility index (Phi) is 5.99. The van der Waals surface area contributed by atoms with Gasteiger partial charge < -0.3 is 19.1 Å². The van der Waals surface area contributed by atoms with E-state index < -0.39 is 11.9 Å². The minimum Gasteiger partial charge on any atom is -0.490 e. The molecule has 0 saturated carbocycles. The quantitative estimate of drug-likeness (QED) is 0.396. The Labute approximate surface area is 201 Å². The Hall–Kier alpha value is -4.50. The SMILES string of the molecule is CN(C)CCOc1ccccc1-n1nc(-c2ccccc2)c2c3c(cnc21)OC(=O)/C=C\C(=O)O3. The van der Waals surface area contributed by atoms with Gasteiger partial charge in [0.05, 0.1) is 11.6 Å². The lowest BCUT2D eigenvalue weighted by Crippen LogP contribution is -2.19. The molecular formula is C26H22N4O5. The summed E-state index contributed by atoms with van der Waals surface area (Å²) < 4.78 is 18.7. The van der Waals surface area contributed by atoms with Crippen molar-refractivity contribution in [3.8, 4) is 34.2 Å². The van der Waals surface area contributed by atoms with Gasteiger partial charge in [0.25, 0.3) is 0 Å². The Morgan fingerprint density at radius 1 is 0.943 bits per heavy atom. The zero-order chi connectivity index (χ0) is 24.4. The number of nitrogens with zero attached hydrogens (tertiary/aromatic N) is 4. The van der Waals surface area contributed by atoms with Crippen LogP contribution in [0.1, 0.15) is 0 Å². The molecule has 0 unspecified atom stereocenters. The van der Waals surface area contributed by atoms with Crippen LogP contribution < -0.4 is 14.2 Å². The van der Waals surface area contributed by atoms with E-state index in [1.165, 1.54) is 6.20 Å². The molecule has 35 heavy (non-hydrogen) atoms. The average molecular weight is 470 g/mol. The maximum Gasteiger partial charge on any atom is 0.336 e. The second-order valence-electron chi connectivity index (χ2n) is 8.07. The summed E-state index contributed by atoms with van der Waals surface area (Å²) in [6, 6.07) is 16.9. The highest BCUT2D eigenvalue weighted by atomic mass is 16.6. The summed E-state index contributed by atoms with van der Waals surface area (Å²) in [5.74, 6) is -0.661. The first-order valence-electron chi connectivity index (χ1n) is 11.0. The summed E-state index contributed by atoms with van der Waals surface area (Å²) in [7, 11) is 3.95. The fourth-order valence-electron chi connectivity index (χ4n) is 3.68. The number of aromatic nitrogens is 3. The lowest BCUT2D eigenvalue weighted by Gasteiger charge is -2.14. The number of likely N-dealkylation sites (N-methyl/N-ethyl adjacent to an activating group) is 1. The third-order valence-electron chi connectivity index (χ3n) is 5.32. The molecule has 0 saturated heterocycles. The fourth-order valence-corrected chi connectivity index (χ4v) is 3.68. The maximum absolute atomic E-state index is 12.4. The molecule has 0 atom stereocenters. The molecule has 5 rings (SSSR count). The van der Waals surface area contributed by atoms with Gasteiger partial charge in [0, 0.05) is 24.3 Å². The molecule has 1 aliphatic heterocycles. The van der Waals surface area contributed by atoms with Crippen LogP contribution in [0.15, 0.2) is 72.9 Å². The standard InChI is InChI=1S/C26H22N4O5/c1-29(2)14-15-33-19-11-7-6-10-18(19)30-26-23(24(28-30)17-8-4-3-5-9-17)25-20(16-27-26)34-21(31)12-13-22(32)35-25/h3-13,16H,14-15H2,1-2H3/b13-12-. The Morgan fingerprint density at radius 2 is 1.66 bits per heavy atom. The maximum atomic E-state index is 12.4. The minimum absolute atomic E-state index is 0.0347. The highest BCUT2D eigenvalue weighted by Crippen LogP contribution is 2.42. The summed E-state index contributed by atoms with van der Waals surface area (Å²) in [6.07, 6.45) is 3.39. The number of benzene rings is 2. The van der Waals surface area contributed by atoms with Crippen LogP contribution in [0.4, 0.5) is 0 Å². The van der Waals surface area contributed by atoms with Crippen molar-refractivity contribution in [3.63, 3.8) is 0 Å². The van der Waals surface area contributed by atoms with Crippen molar-refractivity contribution < 1.29 is 23.8 Å². The smallest absolute Gasteiger partial charge is 0.336 e. The summed E-state index contributed by atoms with van der Waals surface area (Å²) in [6.45, 7) is 1.22. The van der Waals surface area contributed by atoms with Gasteiger partial charge in [-0.05, 0) is 26.2 Å². The molecule has 1 aliphatic rings. The Morgan fingerprint density at radius 3 is 2.43 bits per heavy atom. The van der Waals surface area contributed by atoms with Crippen LogP contribution in [0.5, 0.6) is 17.2 Å². The molecule has 3 heterocycles. The van der Waals surface area contributed by atoms with Gasteiger partial charge in [-0.25, -0.2) is 19.3 Å². The highest BCUT2D eigenvalue weighted by molar-refractivity contribution is 6.03. The first kappa shape index (κ1) is 22.3. The van der Waals surface area contributed by atoms with E-state index in [1.807, 2.05) is 73.6 Å². The topological polar surface area (TPSA) is 95.8 Å². The molecule has 9 nitrogen and oxygen atoms in total. The second kappa shape index (κ2) is 9.40. The molecule has 0 aliphatic carbocycles. The van der Waals surface area contributed by atoms with Gasteiger partial charge in [-0.1, -0.05) is 42.5 Å². The first-order chi connectivity index (χ1) is 17.0.